The van der Waals surface area contributed by atoms with E-state index < -0.39 is 0 Å². The summed E-state index contributed by atoms with van der Waals surface area (Å²) in [6, 6.07) is 10.7. The normalized spacial score (nSPS) is 9.50. The van der Waals surface area contributed by atoms with Crippen molar-refractivity contribution in [1.29, 1.82) is 0 Å². The molecule has 1 aromatic carbocycles. The smallest absolute Gasteiger partial charge is 0 e. The van der Waals surface area contributed by atoms with E-state index in [0.717, 1.165) is 6.42 Å². The Morgan fingerprint density at radius 2 is 1.50 bits per heavy atom. The third-order valence-corrected chi connectivity index (χ3v) is 2.31. The van der Waals surface area contributed by atoms with Gasteiger partial charge in [-0.3, -0.25) is 0 Å². The number of unbranched alkanes of at least 4 members (excludes halogenated alkanes) is 4. The number of rotatable bonds is 6. The summed E-state index contributed by atoms with van der Waals surface area (Å²) < 4.78 is 0. The Kier molecular flexibility index (Phi) is 10.1. The average molecular weight is 264 g/mol. The number of aryl methyl sites for hydroxylation is 1. The van der Waals surface area contributed by atoms with Crippen LogP contribution in [0.4, 0.5) is 0 Å². The van der Waals surface area contributed by atoms with Gasteiger partial charge >= 0.3 is 0 Å². The number of benzene rings is 1. The molecule has 0 saturated carbocycles. The second-order valence-electron chi connectivity index (χ2n) is 3.50. The Bertz CT molecular complexity index is 206. The van der Waals surface area contributed by atoms with Gasteiger partial charge in [0.05, 0.1) is 0 Å². The van der Waals surface area contributed by atoms with Gasteiger partial charge in [-0.25, -0.2) is 0 Å². The van der Waals surface area contributed by atoms with Crippen molar-refractivity contribution in [2.24, 2.45) is 0 Å². The molecule has 75 valence electrons. The molecular weight excluding hydrogens is 245 g/mol. The molecule has 0 aliphatic carbocycles. The van der Waals surface area contributed by atoms with Gasteiger partial charge in [0, 0.05) is 32.7 Å². The first-order chi connectivity index (χ1) is 6.43. The second-order valence-corrected chi connectivity index (χ2v) is 3.50. The molecule has 0 N–H and O–H groups in total. The molecule has 0 spiro atoms. The molecule has 1 rings (SSSR count). The molecule has 0 unspecified atom stereocenters. The summed E-state index contributed by atoms with van der Waals surface area (Å²) in [6.07, 6.45) is 7.63. The van der Waals surface area contributed by atoms with E-state index in [2.05, 4.69) is 37.3 Å². The minimum Gasteiger partial charge on any atom is -0.343 e. The van der Waals surface area contributed by atoms with Crippen molar-refractivity contribution in [3.8, 4) is 0 Å². The Balaban J connectivity index is 0.00000169. The van der Waals surface area contributed by atoms with Crippen molar-refractivity contribution in [3.05, 3.63) is 42.8 Å². The first kappa shape index (κ1) is 14.3. The van der Waals surface area contributed by atoms with Crippen LogP contribution in [0.15, 0.2) is 30.3 Å². The fourth-order valence-electron chi connectivity index (χ4n) is 1.50. The standard InChI is InChI=1S/C13H19.Y/c1-2-3-4-5-7-10-13-11-8-6-9-12-13;/h6,8-9,11-12H,1-5,7,10H2;/q-1;. The summed E-state index contributed by atoms with van der Waals surface area (Å²) >= 11 is 0. The van der Waals surface area contributed by atoms with Crippen LogP contribution >= 0.6 is 0 Å². The molecule has 0 aliphatic rings. The molecule has 0 nitrogen and oxygen atoms in total. The summed E-state index contributed by atoms with van der Waals surface area (Å²) in [5.41, 5.74) is 1.47. The van der Waals surface area contributed by atoms with Crippen LogP contribution in [0.3, 0.4) is 0 Å². The van der Waals surface area contributed by atoms with Crippen LogP contribution in [-0.2, 0) is 39.1 Å². The van der Waals surface area contributed by atoms with Gasteiger partial charge < -0.3 is 6.92 Å². The predicted molar refractivity (Wildman–Crippen MR) is 58.6 cm³/mol. The first-order valence-corrected chi connectivity index (χ1v) is 5.26. The summed E-state index contributed by atoms with van der Waals surface area (Å²) in [5.74, 6) is 0. The Labute approximate surface area is 113 Å². The quantitative estimate of drug-likeness (QED) is 0.538. The van der Waals surface area contributed by atoms with Crippen molar-refractivity contribution in [2.45, 2.75) is 38.5 Å². The van der Waals surface area contributed by atoms with E-state index >= 15 is 0 Å². The van der Waals surface area contributed by atoms with Crippen LogP contribution in [0.1, 0.15) is 37.7 Å². The van der Waals surface area contributed by atoms with Crippen LogP contribution in [0.2, 0.25) is 0 Å². The zero-order chi connectivity index (χ0) is 9.36. The molecule has 0 fully saturated rings. The molecule has 0 amide bonds. The Hall–Kier alpha value is 0.324. The molecule has 1 aromatic rings. The van der Waals surface area contributed by atoms with E-state index in [-0.39, 0.29) is 32.7 Å². The molecule has 0 aliphatic heterocycles. The molecule has 0 aromatic heterocycles. The van der Waals surface area contributed by atoms with Crippen molar-refractivity contribution in [3.63, 3.8) is 0 Å². The van der Waals surface area contributed by atoms with Gasteiger partial charge in [0.2, 0.25) is 0 Å². The maximum atomic E-state index is 3.84. The third-order valence-electron chi connectivity index (χ3n) is 2.31. The minimum absolute atomic E-state index is 0. The average Bonchev–Trinajstić information content (AvgIpc) is 2.19. The van der Waals surface area contributed by atoms with E-state index in [1.165, 1.54) is 37.7 Å². The summed E-state index contributed by atoms with van der Waals surface area (Å²) in [6.45, 7) is 3.84. The van der Waals surface area contributed by atoms with Crippen molar-refractivity contribution < 1.29 is 32.7 Å². The van der Waals surface area contributed by atoms with E-state index in [9.17, 15) is 0 Å². The number of hydrogen-bond acceptors (Lipinski definition) is 0. The van der Waals surface area contributed by atoms with Crippen LogP contribution < -0.4 is 0 Å². The van der Waals surface area contributed by atoms with Gasteiger partial charge in [0.15, 0.2) is 0 Å². The maximum Gasteiger partial charge on any atom is 0 e. The third kappa shape index (κ3) is 6.73. The largest absolute Gasteiger partial charge is 0.343 e. The molecule has 0 atom stereocenters. The van der Waals surface area contributed by atoms with Gasteiger partial charge in [0.25, 0.3) is 0 Å². The Morgan fingerprint density at radius 1 is 0.857 bits per heavy atom. The van der Waals surface area contributed by atoms with E-state index in [0.29, 0.717) is 0 Å². The molecule has 14 heavy (non-hydrogen) atoms. The van der Waals surface area contributed by atoms with E-state index in [4.69, 9.17) is 0 Å². The second kappa shape index (κ2) is 9.86. The predicted octanol–water partition coefficient (Wildman–Crippen LogP) is 4.01. The molecule has 0 heterocycles. The van der Waals surface area contributed by atoms with Crippen molar-refractivity contribution >= 4 is 0 Å². The Morgan fingerprint density at radius 3 is 2.14 bits per heavy atom. The van der Waals surface area contributed by atoms with Crippen LogP contribution in [-0.4, -0.2) is 0 Å². The fourth-order valence-corrected chi connectivity index (χ4v) is 1.50. The van der Waals surface area contributed by atoms with Gasteiger partial charge in [-0.15, -0.1) is 0 Å². The van der Waals surface area contributed by atoms with Gasteiger partial charge in [-0.05, 0) is 18.4 Å². The van der Waals surface area contributed by atoms with Crippen LogP contribution in [0.5, 0.6) is 0 Å². The van der Waals surface area contributed by atoms with E-state index in [1.807, 2.05) is 0 Å². The monoisotopic (exact) mass is 264 g/mol. The molecule has 0 bridgehead atoms. The SMILES string of the molecule is [CH2-]CCCCCCc1ccccc1.[Y]. The first-order valence-electron chi connectivity index (χ1n) is 5.26. The zero-order valence-electron chi connectivity index (χ0n) is 8.91. The minimum atomic E-state index is 0. The summed E-state index contributed by atoms with van der Waals surface area (Å²) in [7, 11) is 0. The van der Waals surface area contributed by atoms with Crippen molar-refractivity contribution in [1.82, 2.24) is 0 Å². The molecular formula is C13H19Y-. The zero-order valence-corrected chi connectivity index (χ0v) is 11.8. The molecule has 0 saturated heterocycles. The van der Waals surface area contributed by atoms with Crippen LogP contribution in [0, 0.1) is 6.92 Å². The van der Waals surface area contributed by atoms with E-state index in [1.54, 1.807) is 0 Å². The van der Waals surface area contributed by atoms with Gasteiger partial charge in [0.1, 0.15) is 0 Å². The maximum absolute atomic E-state index is 3.84. The molecule has 1 heteroatoms. The fraction of sp³-hybridized carbons (Fsp3) is 0.462. The number of hydrogen-bond donors (Lipinski definition) is 0. The van der Waals surface area contributed by atoms with Gasteiger partial charge in [-0.2, -0.15) is 6.42 Å². The van der Waals surface area contributed by atoms with Crippen molar-refractivity contribution in [2.75, 3.05) is 0 Å². The van der Waals surface area contributed by atoms with Crippen LogP contribution in [0.25, 0.3) is 0 Å². The summed E-state index contributed by atoms with van der Waals surface area (Å²) in [5, 5.41) is 0. The molecule has 1 radical (unpaired) electrons. The summed E-state index contributed by atoms with van der Waals surface area (Å²) in [4.78, 5) is 0. The topological polar surface area (TPSA) is 0 Å². The van der Waals surface area contributed by atoms with Gasteiger partial charge in [-0.1, -0.05) is 49.6 Å².